The molecule has 1 aliphatic heterocycles. The summed E-state index contributed by atoms with van der Waals surface area (Å²) in [6.07, 6.45) is 4.59. The van der Waals surface area contributed by atoms with Crippen molar-refractivity contribution in [3.63, 3.8) is 0 Å². The van der Waals surface area contributed by atoms with Crippen molar-refractivity contribution >= 4 is 23.5 Å². The van der Waals surface area contributed by atoms with Crippen LogP contribution in [0.1, 0.15) is 47.3 Å². The molecule has 0 aliphatic carbocycles. The molecule has 0 spiro atoms. The predicted molar refractivity (Wildman–Crippen MR) is 113 cm³/mol. The number of aromatic nitrogens is 1. The van der Waals surface area contributed by atoms with Crippen LogP contribution in [-0.2, 0) is 11.2 Å². The monoisotopic (exact) mass is 404 g/mol. The number of nitrogens with two attached hydrogens (primary N) is 1. The number of pyridine rings is 1. The van der Waals surface area contributed by atoms with Crippen LogP contribution >= 0.6 is 11.8 Å². The van der Waals surface area contributed by atoms with Gasteiger partial charge >= 0.3 is 0 Å². The van der Waals surface area contributed by atoms with Crippen molar-refractivity contribution in [3.05, 3.63) is 59.0 Å². The summed E-state index contributed by atoms with van der Waals surface area (Å²) in [5.41, 5.74) is 7.91. The third kappa shape index (κ3) is 4.36. The van der Waals surface area contributed by atoms with E-state index in [1.807, 2.05) is 37.3 Å². The zero-order valence-electron chi connectivity index (χ0n) is 16.3. The summed E-state index contributed by atoms with van der Waals surface area (Å²) in [5.74, 6) is 0.0960. The summed E-state index contributed by atoms with van der Waals surface area (Å²) in [7, 11) is 0. The Labute approximate surface area is 175 Å². The molecular weight excluding hydrogens is 382 g/mol. The fourth-order valence-electron chi connectivity index (χ4n) is 3.49. The Morgan fingerprint density at radius 2 is 1.86 bits per heavy atom. The van der Waals surface area contributed by atoms with E-state index in [4.69, 9.17) is 10.7 Å². The van der Waals surface area contributed by atoms with Crippen LogP contribution in [0.2, 0.25) is 0 Å². The van der Waals surface area contributed by atoms with Gasteiger partial charge in [0, 0.05) is 13.1 Å². The highest BCUT2D eigenvalue weighted by Crippen LogP contribution is 2.39. The minimum absolute atomic E-state index is 0.351. The first-order valence-electron chi connectivity index (χ1n) is 9.55. The number of anilines is 1. The van der Waals surface area contributed by atoms with Crippen LogP contribution in [0, 0.1) is 29.1 Å². The maximum atomic E-state index is 12.2. The van der Waals surface area contributed by atoms with E-state index in [-0.39, 0.29) is 0 Å². The molecule has 1 atom stereocenters. The number of benzene rings is 1. The topological polar surface area (TPSA) is 107 Å². The number of nitriles is 2. The van der Waals surface area contributed by atoms with Crippen LogP contribution in [0.3, 0.4) is 0 Å². The highest BCUT2D eigenvalue weighted by atomic mass is 32.2. The molecule has 1 radical (unpaired) electrons. The number of piperidine rings is 1. The van der Waals surface area contributed by atoms with E-state index in [2.05, 4.69) is 23.5 Å². The fourth-order valence-corrected chi connectivity index (χ4v) is 4.55. The lowest BCUT2D eigenvalue weighted by atomic mass is 10.0. The molecule has 2 N–H and O–H groups in total. The molecule has 1 unspecified atom stereocenters. The summed E-state index contributed by atoms with van der Waals surface area (Å²) >= 11 is 1.18. The van der Waals surface area contributed by atoms with E-state index >= 15 is 0 Å². The second-order valence-corrected chi connectivity index (χ2v) is 7.80. The zero-order valence-corrected chi connectivity index (χ0v) is 17.1. The van der Waals surface area contributed by atoms with Crippen LogP contribution in [0.15, 0.2) is 35.4 Å². The van der Waals surface area contributed by atoms with Crippen LogP contribution in [0.5, 0.6) is 0 Å². The molecule has 2 heterocycles. The van der Waals surface area contributed by atoms with Crippen LogP contribution in [0.4, 0.5) is 5.82 Å². The van der Waals surface area contributed by atoms with E-state index in [1.165, 1.54) is 11.8 Å². The van der Waals surface area contributed by atoms with Crippen molar-refractivity contribution < 1.29 is 4.79 Å². The normalized spacial score (nSPS) is 14.7. The van der Waals surface area contributed by atoms with Gasteiger partial charge in [-0.15, -0.1) is 0 Å². The van der Waals surface area contributed by atoms with Crippen molar-refractivity contribution in [1.29, 1.82) is 10.5 Å². The number of amides is 1. The van der Waals surface area contributed by atoms with E-state index < -0.39 is 11.2 Å². The molecule has 3 rings (SSSR count). The van der Waals surface area contributed by atoms with Gasteiger partial charge in [-0.25, -0.2) is 4.98 Å². The Bertz CT molecular complexity index is 971. The van der Waals surface area contributed by atoms with Crippen molar-refractivity contribution in [2.24, 2.45) is 5.73 Å². The number of hydrogen-bond donors (Lipinski definition) is 1. The highest BCUT2D eigenvalue weighted by Gasteiger charge is 2.27. The number of rotatable bonds is 6. The average molecular weight is 405 g/mol. The number of hydrogen-bond acceptors (Lipinski definition) is 6. The van der Waals surface area contributed by atoms with Gasteiger partial charge in [-0.1, -0.05) is 49.0 Å². The third-order valence-electron chi connectivity index (χ3n) is 4.92. The lowest BCUT2D eigenvalue weighted by Gasteiger charge is -2.29. The summed E-state index contributed by atoms with van der Waals surface area (Å²) in [4.78, 5) is 19.0. The number of nitrogens with zero attached hydrogens (tertiary/aromatic N) is 4. The quantitative estimate of drug-likeness (QED) is 0.738. The van der Waals surface area contributed by atoms with Gasteiger partial charge in [0.2, 0.25) is 5.91 Å². The first-order valence-corrected chi connectivity index (χ1v) is 10.4. The maximum Gasteiger partial charge on any atom is 0.235 e. The lowest BCUT2D eigenvalue weighted by Crippen LogP contribution is -2.31. The van der Waals surface area contributed by atoms with Gasteiger partial charge in [0.25, 0.3) is 0 Å². The Balaban J connectivity index is 2.13. The van der Waals surface area contributed by atoms with Crippen molar-refractivity contribution in [2.45, 2.75) is 36.5 Å². The molecule has 6 nitrogen and oxygen atoms in total. The first kappa shape index (κ1) is 20.7. The largest absolute Gasteiger partial charge is 0.368 e. The molecule has 2 aromatic rings. The van der Waals surface area contributed by atoms with E-state index in [9.17, 15) is 15.3 Å². The Kier molecular flexibility index (Phi) is 6.74. The molecule has 0 bridgehead atoms. The van der Waals surface area contributed by atoms with E-state index in [0.29, 0.717) is 34.0 Å². The van der Waals surface area contributed by atoms with Gasteiger partial charge in [0.05, 0.1) is 11.1 Å². The number of primary amides is 1. The van der Waals surface area contributed by atoms with Gasteiger partial charge < -0.3 is 10.6 Å². The Hall–Kier alpha value is -3.03. The number of thioether (sulfide) groups is 1. The van der Waals surface area contributed by atoms with Crippen LogP contribution in [0.25, 0.3) is 0 Å². The predicted octanol–water partition coefficient (Wildman–Crippen LogP) is 3.51. The fraction of sp³-hybridized carbons (Fsp3) is 0.318. The smallest absolute Gasteiger partial charge is 0.235 e. The molecule has 1 amide bonds. The molecule has 1 saturated heterocycles. The zero-order chi connectivity index (χ0) is 20.8. The van der Waals surface area contributed by atoms with Gasteiger partial charge in [-0.05, 0) is 36.8 Å². The molecule has 147 valence electrons. The summed E-state index contributed by atoms with van der Waals surface area (Å²) < 4.78 is 0. The van der Waals surface area contributed by atoms with E-state index in [1.54, 1.807) is 0 Å². The van der Waals surface area contributed by atoms with Crippen molar-refractivity contribution in [3.8, 4) is 12.1 Å². The van der Waals surface area contributed by atoms with E-state index in [0.717, 1.165) is 31.5 Å². The average Bonchev–Trinajstić information content (AvgIpc) is 2.77. The molecule has 1 aromatic carbocycles. The molecule has 1 aromatic heterocycles. The minimum Gasteiger partial charge on any atom is -0.368 e. The summed E-state index contributed by atoms with van der Waals surface area (Å²) in [6.45, 7) is 3.47. The Morgan fingerprint density at radius 3 is 2.41 bits per heavy atom. The number of carbonyl (C=O) groups is 1. The molecule has 7 heteroatoms. The maximum absolute atomic E-state index is 12.2. The number of carbonyl (C=O) groups excluding carboxylic acids is 1. The van der Waals surface area contributed by atoms with Crippen molar-refractivity contribution in [1.82, 2.24) is 4.98 Å². The Morgan fingerprint density at radius 1 is 1.21 bits per heavy atom. The van der Waals surface area contributed by atoms with Crippen molar-refractivity contribution in [2.75, 3.05) is 18.0 Å². The third-order valence-corrected chi connectivity index (χ3v) is 6.18. The molecule has 1 aliphatic rings. The standard InChI is InChI=1S/C22H22N5OS/c1-2-16-17(13-23)21(27-11-7-4-8-12-27)26-22(18(16)14-24)29-19(20(25)28)15-9-5-3-6-10-15/h3-6,9-10,19H,2,7-8,11-12H2,1H3,(H2,25,28). The first-order chi connectivity index (χ1) is 14.1. The van der Waals surface area contributed by atoms with Gasteiger partial charge in [0.1, 0.15) is 28.2 Å². The molecular formula is C22H22N5OS. The SMILES string of the molecule is CCc1c(C#N)c(SC(C(N)=O)c2ccccc2)nc(N2CC[CH]CC2)c1C#N. The molecule has 0 saturated carbocycles. The van der Waals surface area contributed by atoms with Gasteiger partial charge in [0.15, 0.2) is 0 Å². The second-order valence-electron chi connectivity index (χ2n) is 6.71. The van der Waals surface area contributed by atoms with Gasteiger partial charge in [-0.2, -0.15) is 10.5 Å². The van der Waals surface area contributed by atoms with Gasteiger partial charge in [-0.3, -0.25) is 4.79 Å². The summed E-state index contributed by atoms with van der Waals surface area (Å²) in [5, 5.41) is 19.4. The molecule has 29 heavy (non-hydrogen) atoms. The minimum atomic E-state index is -0.670. The van der Waals surface area contributed by atoms with Crippen LogP contribution in [-0.4, -0.2) is 24.0 Å². The highest BCUT2D eigenvalue weighted by molar-refractivity contribution is 8.00. The molecule has 1 fully saturated rings. The summed E-state index contributed by atoms with van der Waals surface area (Å²) in [6, 6.07) is 13.7. The second kappa shape index (κ2) is 9.45. The van der Waals surface area contributed by atoms with Crippen LogP contribution < -0.4 is 10.6 Å². The lowest BCUT2D eigenvalue weighted by molar-refractivity contribution is -0.117.